The number of nitrogen functional groups attached to an aromatic ring is 1. The maximum absolute atomic E-state index is 5.91. The van der Waals surface area contributed by atoms with E-state index in [2.05, 4.69) is 16.7 Å². The molecule has 0 amide bonds. The number of fused-ring (bicyclic) bond motifs is 1. The summed E-state index contributed by atoms with van der Waals surface area (Å²) in [7, 11) is 0. The number of allylic oxidation sites excluding steroid dienone is 1. The lowest BCUT2D eigenvalue weighted by molar-refractivity contribution is 0.461. The molecule has 0 bridgehead atoms. The van der Waals surface area contributed by atoms with Gasteiger partial charge in [-0.05, 0) is 30.7 Å². The zero-order chi connectivity index (χ0) is 13.9. The summed E-state index contributed by atoms with van der Waals surface area (Å²) in [6.07, 6.45) is 7.63. The molecule has 0 saturated carbocycles. The molecule has 0 aliphatic rings. The first-order valence-electron chi connectivity index (χ1n) is 6.23. The molecule has 2 aromatic heterocycles. The molecule has 0 atom stereocenters. The predicted octanol–water partition coefficient (Wildman–Crippen LogP) is 2.83. The molecule has 0 spiro atoms. The lowest BCUT2D eigenvalue weighted by Crippen LogP contribution is -1.97. The van der Waals surface area contributed by atoms with E-state index in [1.165, 1.54) is 0 Å². The number of hydrogen-bond acceptors (Lipinski definition) is 4. The number of rotatable bonds is 4. The Hall–Kier alpha value is -2.82. The van der Waals surface area contributed by atoms with E-state index in [1.807, 2.05) is 24.3 Å². The Balaban J connectivity index is 2.02. The fraction of sp³-hybridized carbons (Fsp3) is 0.0667. The second kappa shape index (κ2) is 5.05. The minimum atomic E-state index is 0.514. The molecule has 2 N–H and O–H groups in total. The Labute approximate surface area is 116 Å². The summed E-state index contributed by atoms with van der Waals surface area (Å²) in [5.74, 6) is 1.24. The summed E-state index contributed by atoms with van der Waals surface area (Å²) in [5.41, 5.74) is 8.29. The first-order chi connectivity index (χ1) is 9.78. The normalized spacial score (nSPS) is 10.6. The number of nitrogens with zero attached hydrogens (tertiary/aromatic N) is 3. The van der Waals surface area contributed by atoms with Crippen LogP contribution < -0.4 is 10.5 Å². The third-order valence-corrected chi connectivity index (χ3v) is 2.94. The second-order valence-electron chi connectivity index (χ2n) is 4.36. The van der Waals surface area contributed by atoms with Crippen LogP contribution in [0.2, 0.25) is 0 Å². The average molecular weight is 266 g/mol. The molecule has 0 saturated heterocycles. The summed E-state index contributed by atoms with van der Waals surface area (Å²) < 4.78 is 7.63. The zero-order valence-corrected chi connectivity index (χ0v) is 10.9. The number of hydrogen-bond donors (Lipinski definition) is 1. The fourth-order valence-electron chi connectivity index (χ4n) is 2.03. The summed E-state index contributed by atoms with van der Waals surface area (Å²) >= 11 is 0. The zero-order valence-electron chi connectivity index (χ0n) is 10.9. The highest BCUT2D eigenvalue weighted by Crippen LogP contribution is 2.28. The van der Waals surface area contributed by atoms with Gasteiger partial charge in [-0.15, -0.1) is 6.58 Å². The van der Waals surface area contributed by atoms with Crippen molar-refractivity contribution in [3.05, 3.63) is 61.1 Å². The molecule has 0 aliphatic carbocycles. The summed E-state index contributed by atoms with van der Waals surface area (Å²) in [5, 5.41) is 4.15. The maximum Gasteiger partial charge on any atom is 0.245 e. The number of benzene rings is 1. The maximum atomic E-state index is 5.91. The molecule has 1 aromatic carbocycles. The van der Waals surface area contributed by atoms with Gasteiger partial charge in [0, 0.05) is 23.6 Å². The van der Waals surface area contributed by atoms with Crippen molar-refractivity contribution in [1.29, 1.82) is 0 Å². The van der Waals surface area contributed by atoms with Crippen molar-refractivity contribution in [2.24, 2.45) is 0 Å². The smallest absolute Gasteiger partial charge is 0.245 e. The molecule has 3 rings (SSSR count). The van der Waals surface area contributed by atoms with Crippen molar-refractivity contribution in [2.75, 3.05) is 5.73 Å². The molecule has 5 nitrogen and oxygen atoms in total. The van der Waals surface area contributed by atoms with Gasteiger partial charge in [0.1, 0.15) is 11.3 Å². The minimum absolute atomic E-state index is 0.514. The van der Waals surface area contributed by atoms with Gasteiger partial charge in [0.25, 0.3) is 0 Å². The van der Waals surface area contributed by atoms with Crippen LogP contribution in [0.3, 0.4) is 0 Å². The number of ether oxygens (including phenoxy) is 1. The lowest BCUT2D eigenvalue weighted by Gasteiger charge is -2.10. The van der Waals surface area contributed by atoms with Gasteiger partial charge in [0.2, 0.25) is 5.88 Å². The van der Waals surface area contributed by atoms with Crippen LogP contribution in [0, 0.1) is 0 Å². The van der Waals surface area contributed by atoms with Crippen LogP contribution >= 0.6 is 0 Å². The van der Waals surface area contributed by atoms with Gasteiger partial charge in [-0.25, -0.2) is 9.50 Å². The third-order valence-electron chi connectivity index (χ3n) is 2.94. The van der Waals surface area contributed by atoms with Gasteiger partial charge in [0.05, 0.1) is 6.20 Å². The van der Waals surface area contributed by atoms with Crippen LogP contribution in [0.25, 0.3) is 5.52 Å². The van der Waals surface area contributed by atoms with E-state index in [0.29, 0.717) is 18.0 Å². The highest BCUT2D eigenvalue weighted by Gasteiger charge is 2.09. The molecule has 100 valence electrons. The Bertz CT molecular complexity index is 763. The van der Waals surface area contributed by atoms with Gasteiger partial charge >= 0.3 is 0 Å². The van der Waals surface area contributed by atoms with Crippen LogP contribution in [0.4, 0.5) is 5.69 Å². The van der Waals surface area contributed by atoms with Crippen molar-refractivity contribution in [3.8, 4) is 11.6 Å². The summed E-state index contributed by atoms with van der Waals surface area (Å²) in [4.78, 5) is 4.26. The van der Waals surface area contributed by atoms with Gasteiger partial charge in [-0.1, -0.05) is 6.08 Å². The topological polar surface area (TPSA) is 65.4 Å². The Kier molecular flexibility index (Phi) is 3.09. The van der Waals surface area contributed by atoms with Gasteiger partial charge in [0.15, 0.2) is 0 Å². The minimum Gasteiger partial charge on any atom is -0.437 e. The molecule has 0 radical (unpaired) electrons. The molecule has 2 heterocycles. The molecule has 3 aromatic rings. The molecular formula is C15H14N4O. The highest BCUT2D eigenvalue weighted by atomic mass is 16.5. The monoisotopic (exact) mass is 266 g/mol. The molecule has 0 aliphatic heterocycles. The molecule has 0 unspecified atom stereocenters. The van der Waals surface area contributed by atoms with Crippen LogP contribution in [0.5, 0.6) is 11.6 Å². The van der Waals surface area contributed by atoms with Crippen molar-refractivity contribution in [3.63, 3.8) is 0 Å². The highest BCUT2D eigenvalue weighted by molar-refractivity contribution is 5.57. The van der Waals surface area contributed by atoms with E-state index < -0.39 is 0 Å². The average Bonchev–Trinajstić information content (AvgIpc) is 2.91. The second-order valence-corrected chi connectivity index (χ2v) is 4.36. The van der Waals surface area contributed by atoms with E-state index in [4.69, 9.17) is 10.5 Å². The van der Waals surface area contributed by atoms with Crippen molar-refractivity contribution >= 4 is 11.2 Å². The lowest BCUT2D eigenvalue weighted by atomic mass is 10.1. The van der Waals surface area contributed by atoms with Gasteiger partial charge in [-0.2, -0.15) is 5.10 Å². The number of nitrogens with two attached hydrogens (primary N) is 1. The van der Waals surface area contributed by atoms with Crippen LogP contribution in [-0.2, 0) is 6.42 Å². The number of anilines is 1. The Morgan fingerprint density at radius 1 is 1.30 bits per heavy atom. The third kappa shape index (κ3) is 2.21. The summed E-state index contributed by atoms with van der Waals surface area (Å²) in [6.45, 7) is 3.75. The van der Waals surface area contributed by atoms with E-state index in [1.54, 1.807) is 29.2 Å². The predicted molar refractivity (Wildman–Crippen MR) is 77.8 cm³/mol. The Morgan fingerprint density at radius 2 is 2.20 bits per heavy atom. The summed E-state index contributed by atoms with van der Waals surface area (Å²) in [6, 6.07) is 7.38. The van der Waals surface area contributed by atoms with Crippen molar-refractivity contribution in [1.82, 2.24) is 14.6 Å². The standard InChI is InChI=1S/C15H14N4O/c1-2-3-11-10-12(16)4-5-14(11)20-15-13-6-7-18-19(13)9-8-17-15/h2,4-10H,1,3,16H2. The SMILES string of the molecule is C=CCc1cc(N)ccc1Oc1nccn2nccc12. The van der Waals surface area contributed by atoms with E-state index in [-0.39, 0.29) is 0 Å². The van der Waals surface area contributed by atoms with E-state index >= 15 is 0 Å². The molecular weight excluding hydrogens is 252 g/mol. The fourth-order valence-corrected chi connectivity index (χ4v) is 2.03. The van der Waals surface area contributed by atoms with Crippen molar-refractivity contribution in [2.45, 2.75) is 6.42 Å². The quantitative estimate of drug-likeness (QED) is 0.582. The first kappa shape index (κ1) is 12.2. The Morgan fingerprint density at radius 3 is 3.05 bits per heavy atom. The van der Waals surface area contributed by atoms with Crippen LogP contribution in [-0.4, -0.2) is 14.6 Å². The molecule has 20 heavy (non-hydrogen) atoms. The largest absolute Gasteiger partial charge is 0.437 e. The van der Waals surface area contributed by atoms with Gasteiger partial charge < -0.3 is 10.5 Å². The van der Waals surface area contributed by atoms with E-state index in [9.17, 15) is 0 Å². The van der Waals surface area contributed by atoms with E-state index in [0.717, 1.165) is 16.8 Å². The van der Waals surface area contributed by atoms with Crippen LogP contribution in [0.1, 0.15) is 5.56 Å². The number of aromatic nitrogens is 3. The van der Waals surface area contributed by atoms with Gasteiger partial charge in [-0.3, -0.25) is 0 Å². The molecule has 5 heteroatoms. The molecule has 0 fully saturated rings. The van der Waals surface area contributed by atoms with Crippen molar-refractivity contribution < 1.29 is 4.74 Å². The van der Waals surface area contributed by atoms with Crippen LogP contribution in [0.15, 0.2) is 55.5 Å². The first-order valence-corrected chi connectivity index (χ1v) is 6.23.